The van der Waals surface area contributed by atoms with Gasteiger partial charge in [0.25, 0.3) is 0 Å². The van der Waals surface area contributed by atoms with Crippen molar-refractivity contribution in [1.82, 2.24) is 20.5 Å². The molecule has 1 amide bonds. The maximum atomic E-state index is 11.8. The Balaban J connectivity index is 1.53. The molecule has 118 valence electrons. The summed E-state index contributed by atoms with van der Waals surface area (Å²) in [7, 11) is 0. The van der Waals surface area contributed by atoms with E-state index in [4.69, 9.17) is 0 Å². The number of carbonyl (C=O) groups excluding carboxylic acids is 1. The molecule has 3 rings (SSSR count). The molecule has 5 nitrogen and oxygen atoms in total. The molecule has 0 unspecified atom stereocenters. The number of rotatable bonds is 6. The monoisotopic (exact) mass is 408 g/mol. The Morgan fingerprint density at radius 1 is 1.30 bits per heavy atom. The molecule has 0 aliphatic rings. The van der Waals surface area contributed by atoms with Gasteiger partial charge in [0.1, 0.15) is 0 Å². The normalized spacial score (nSPS) is 10.7. The van der Waals surface area contributed by atoms with Gasteiger partial charge in [-0.1, -0.05) is 52.0 Å². The summed E-state index contributed by atoms with van der Waals surface area (Å²) in [5.41, 5.74) is 0.939. The van der Waals surface area contributed by atoms with E-state index in [0.717, 1.165) is 14.9 Å². The predicted molar refractivity (Wildman–Crippen MR) is 96.4 cm³/mol. The first kappa shape index (κ1) is 16.2. The molecule has 0 aliphatic carbocycles. The number of H-pyrrole nitrogens is 1. The number of amides is 1. The van der Waals surface area contributed by atoms with Gasteiger partial charge in [-0.2, -0.15) is 0 Å². The first-order chi connectivity index (χ1) is 11.2. The number of aromatic amines is 1. The Bertz CT molecular complexity index is 788. The molecule has 0 atom stereocenters. The summed E-state index contributed by atoms with van der Waals surface area (Å²) < 4.78 is 0.946. The van der Waals surface area contributed by atoms with Gasteiger partial charge in [0.05, 0.1) is 12.3 Å². The molecule has 0 fully saturated rings. The van der Waals surface area contributed by atoms with Crippen molar-refractivity contribution >= 4 is 44.9 Å². The molecule has 0 bridgehead atoms. The van der Waals surface area contributed by atoms with Gasteiger partial charge in [-0.15, -0.1) is 16.4 Å². The Morgan fingerprint density at radius 2 is 2.17 bits per heavy atom. The van der Waals surface area contributed by atoms with E-state index in [1.54, 1.807) is 11.3 Å². The zero-order valence-electron chi connectivity index (χ0n) is 12.0. The fourth-order valence-corrected chi connectivity index (χ4v) is 3.61. The summed E-state index contributed by atoms with van der Waals surface area (Å²) in [5, 5.41) is 12.5. The summed E-state index contributed by atoms with van der Waals surface area (Å²) in [6.07, 6.45) is 0. The Hall–Kier alpha value is -1.64. The van der Waals surface area contributed by atoms with Crippen LogP contribution in [0.4, 0.5) is 0 Å². The van der Waals surface area contributed by atoms with Crippen molar-refractivity contribution in [2.75, 3.05) is 5.75 Å². The van der Waals surface area contributed by atoms with Gasteiger partial charge in [-0.25, -0.2) is 4.98 Å². The number of aromatic nitrogens is 3. The number of thioether (sulfide) groups is 1. The minimum Gasteiger partial charge on any atom is -0.350 e. The lowest BCUT2D eigenvalue weighted by atomic mass is 10.2. The number of halogens is 1. The topological polar surface area (TPSA) is 70.7 Å². The quantitative estimate of drug-likeness (QED) is 0.609. The third-order valence-electron chi connectivity index (χ3n) is 2.97. The fourth-order valence-electron chi connectivity index (χ4n) is 1.86. The van der Waals surface area contributed by atoms with Crippen LogP contribution in [0.15, 0.2) is 51.4 Å². The van der Waals surface area contributed by atoms with Crippen LogP contribution in [-0.4, -0.2) is 26.8 Å². The molecule has 0 saturated carbocycles. The molecule has 3 aromatic rings. The van der Waals surface area contributed by atoms with Crippen LogP contribution in [0.25, 0.3) is 11.4 Å². The van der Waals surface area contributed by atoms with Crippen LogP contribution in [0, 0.1) is 0 Å². The molecule has 2 N–H and O–H groups in total. The molecule has 1 aromatic carbocycles. The summed E-state index contributed by atoms with van der Waals surface area (Å²) in [5.74, 6) is 0.938. The summed E-state index contributed by atoms with van der Waals surface area (Å²) in [6, 6.07) is 11.7. The summed E-state index contributed by atoms with van der Waals surface area (Å²) in [6.45, 7) is 0.563. The standard InChI is InChI=1S/C15H13BrN4OS2/c16-12-6-2-1-5-11(12)14-18-15(20-19-14)23-9-13(21)17-8-10-4-3-7-22-10/h1-7H,8-9H2,(H,17,21)(H,18,19,20). The van der Waals surface area contributed by atoms with Crippen molar-refractivity contribution in [2.24, 2.45) is 0 Å². The second kappa shape index (κ2) is 7.76. The first-order valence-electron chi connectivity index (χ1n) is 6.81. The Labute approximate surface area is 150 Å². The van der Waals surface area contributed by atoms with Crippen molar-refractivity contribution in [3.05, 3.63) is 51.1 Å². The van der Waals surface area contributed by atoms with E-state index in [2.05, 4.69) is 36.4 Å². The highest BCUT2D eigenvalue weighted by Crippen LogP contribution is 2.26. The largest absolute Gasteiger partial charge is 0.350 e. The number of thiophene rings is 1. The number of hydrogen-bond donors (Lipinski definition) is 2. The lowest BCUT2D eigenvalue weighted by molar-refractivity contribution is -0.118. The zero-order chi connectivity index (χ0) is 16.1. The number of nitrogens with zero attached hydrogens (tertiary/aromatic N) is 2. The summed E-state index contributed by atoms with van der Waals surface area (Å²) in [4.78, 5) is 17.4. The van der Waals surface area contributed by atoms with Crippen LogP contribution < -0.4 is 5.32 Å². The lowest BCUT2D eigenvalue weighted by Crippen LogP contribution is -2.24. The average molecular weight is 409 g/mol. The highest BCUT2D eigenvalue weighted by molar-refractivity contribution is 9.10. The van der Waals surface area contributed by atoms with E-state index < -0.39 is 0 Å². The van der Waals surface area contributed by atoms with E-state index in [1.807, 2.05) is 41.8 Å². The number of nitrogens with one attached hydrogen (secondary N) is 2. The van der Waals surface area contributed by atoms with Gasteiger partial charge in [-0.3, -0.25) is 9.89 Å². The van der Waals surface area contributed by atoms with E-state index >= 15 is 0 Å². The zero-order valence-corrected chi connectivity index (χ0v) is 15.2. The van der Waals surface area contributed by atoms with E-state index in [9.17, 15) is 4.79 Å². The Kier molecular flexibility index (Phi) is 5.47. The van der Waals surface area contributed by atoms with Crippen molar-refractivity contribution in [2.45, 2.75) is 11.7 Å². The maximum absolute atomic E-state index is 11.8. The minimum absolute atomic E-state index is 0.0318. The third kappa shape index (κ3) is 4.43. The fraction of sp³-hybridized carbons (Fsp3) is 0.133. The van der Waals surface area contributed by atoms with Crippen LogP contribution in [0.2, 0.25) is 0 Å². The molecule has 0 aliphatic heterocycles. The van der Waals surface area contributed by atoms with Crippen LogP contribution in [-0.2, 0) is 11.3 Å². The highest BCUT2D eigenvalue weighted by atomic mass is 79.9. The van der Waals surface area contributed by atoms with Crippen LogP contribution in [0.5, 0.6) is 0 Å². The SMILES string of the molecule is O=C(CSc1n[nH]c(-c2ccccc2Br)n1)NCc1cccs1. The van der Waals surface area contributed by atoms with Crippen molar-refractivity contribution in [3.63, 3.8) is 0 Å². The molecule has 23 heavy (non-hydrogen) atoms. The lowest BCUT2D eigenvalue weighted by Gasteiger charge is -2.01. The molecule has 2 aromatic heterocycles. The molecule has 8 heteroatoms. The van der Waals surface area contributed by atoms with Crippen molar-refractivity contribution < 1.29 is 4.79 Å². The highest BCUT2D eigenvalue weighted by Gasteiger charge is 2.10. The average Bonchev–Trinajstić information content (AvgIpc) is 3.23. The molecule has 0 saturated heterocycles. The van der Waals surface area contributed by atoms with E-state index in [1.165, 1.54) is 11.8 Å². The molecule has 0 radical (unpaired) electrons. The van der Waals surface area contributed by atoms with Crippen molar-refractivity contribution in [3.8, 4) is 11.4 Å². The molecular formula is C15H13BrN4OS2. The van der Waals surface area contributed by atoms with Crippen molar-refractivity contribution in [1.29, 1.82) is 0 Å². The summed E-state index contributed by atoms with van der Waals surface area (Å²) >= 11 is 6.42. The number of carbonyl (C=O) groups is 1. The van der Waals surface area contributed by atoms with Gasteiger partial charge in [0.2, 0.25) is 11.1 Å². The predicted octanol–water partition coefficient (Wildman–Crippen LogP) is 3.70. The van der Waals surface area contributed by atoms with Gasteiger partial charge < -0.3 is 5.32 Å². The smallest absolute Gasteiger partial charge is 0.230 e. The van der Waals surface area contributed by atoms with Gasteiger partial charge in [0, 0.05) is 14.9 Å². The second-order valence-electron chi connectivity index (χ2n) is 4.59. The van der Waals surface area contributed by atoms with E-state index in [0.29, 0.717) is 23.3 Å². The van der Waals surface area contributed by atoms with Crippen LogP contribution in [0.1, 0.15) is 4.88 Å². The van der Waals surface area contributed by atoms with Gasteiger partial charge in [-0.05, 0) is 17.5 Å². The maximum Gasteiger partial charge on any atom is 0.230 e. The first-order valence-corrected chi connectivity index (χ1v) is 9.47. The third-order valence-corrected chi connectivity index (χ3v) is 5.38. The number of hydrogen-bond acceptors (Lipinski definition) is 5. The van der Waals surface area contributed by atoms with Gasteiger partial charge in [0.15, 0.2) is 5.82 Å². The van der Waals surface area contributed by atoms with Crippen LogP contribution in [0.3, 0.4) is 0 Å². The molecule has 0 spiro atoms. The second-order valence-corrected chi connectivity index (χ2v) is 7.42. The molecule has 2 heterocycles. The number of benzene rings is 1. The molecular weight excluding hydrogens is 396 g/mol. The minimum atomic E-state index is -0.0318. The van der Waals surface area contributed by atoms with E-state index in [-0.39, 0.29) is 5.91 Å². The van der Waals surface area contributed by atoms with Crippen LogP contribution >= 0.6 is 39.0 Å². The van der Waals surface area contributed by atoms with Gasteiger partial charge >= 0.3 is 0 Å². The Morgan fingerprint density at radius 3 is 2.96 bits per heavy atom.